The number of nitro benzene ring substituents is 1. The van der Waals surface area contributed by atoms with Gasteiger partial charge in [-0.1, -0.05) is 12.2 Å². The van der Waals surface area contributed by atoms with Gasteiger partial charge in [0.05, 0.1) is 9.40 Å². The van der Waals surface area contributed by atoms with Crippen molar-refractivity contribution in [3.63, 3.8) is 0 Å². The van der Waals surface area contributed by atoms with Crippen LogP contribution in [-0.4, -0.2) is 10.0 Å². The maximum Gasteiger partial charge on any atom is 0.336 e. The Kier molecular flexibility index (Phi) is 4.65. The monoisotopic (exact) mass is 415 g/mol. The summed E-state index contributed by atoms with van der Waals surface area (Å²) in [6.07, 6.45) is 3.52. The van der Waals surface area contributed by atoms with Crippen molar-refractivity contribution in [1.29, 1.82) is 0 Å². The number of benzene rings is 2. The third kappa shape index (κ3) is 3.39. The Morgan fingerprint density at radius 3 is 2.38 bits per heavy atom. The zero-order valence-electron chi connectivity index (χ0n) is 13.9. The second-order valence-electron chi connectivity index (χ2n) is 5.91. The zero-order valence-corrected chi connectivity index (χ0v) is 15.5. The maximum absolute atomic E-state index is 11.8. The van der Waals surface area contributed by atoms with E-state index in [4.69, 9.17) is 4.42 Å². The number of nitrogens with zero attached hydrogens (tertiary/aromatic N) is 1. The molecule has 0 saturated carbocycles. The van der Waals surface area contributed by atoms with E-state index in [1.165, 1.54) is 12.1 Å². The summed E-state index contributed by atoms with van der Waals surface area (Å²) in [4.78, 5) is 22.5. The van der Waals surface area contributed by atoms with Crippen LogP contribution in [0.4, 0.5) is 5.69 Å². The molecule has 2 aromatic carbocycles. The Morgan fingerprint density at radius 2 is 1.77 bits per heavy atom. The topological polar surface area (TPSA) is 93.6 Å². The summed E-state index contributed by atoms with van der Waals surface area (Å²) in [5, 5.41) is 21.5. The molecule has 0 bridgehead atoms. The minimum absolute atomic E-state index is 0.0246. The third-order valence-electron chi connectivity index (χ3n) is 4.00. The summed E-state index contributed by atoms with van der Waals surface area (Å²) >= 11 is 3.25. The van der Waals surface area contributed by atoms with E-state index in [1.807, 2.05) is 0 Å². The average molecular weight is 416 g/mol. The van der Waals surface area contributed by atoms with Crippen molar-refractivity contribution in [3.8, 4) is 5.75 Å². The molecule has 26 heavy (non-hydrogen) atoms. The van der Waals surface area contributed by atoms with Crippen LogP contribution in [-0.2, 0) is 0 Å². The number of aryl methyl sites for hydroxylation is 2. The number of fused-ring (bicyclic) bond motifs is 1. The summed E-state index contributed by atoms with van der Waals surface area (Å²) in [7, 11) is 0. The van der Waals surface area contributed by atoms with Gasteiger partial charge in [-0.2, -0.15) is 0 Å². The third-order valence-corrected chi connectivity index (χ3v) is 4.63. The Balaban J connectivity index is 2.10. The summed E-state index contributed by atoms with van der Waals surface area (Å²) in [5.41, 5.74) is 2.38. The highest BCUT2D eigenvalue weighted by molar-refractivity contribution is 9.10. The normalized spacial score (nSPS) is 11.3. The molecule has 0 saturated heterocycles. The SMILES string of the molecule is Cc1cc(/C=C/c2cc(=O)oc3cc(O)c(Br)cc23)cc(C)c1[N+](=O)[O-]. The highest BCUT2D eigenvalue weighted by atomic mass is 79.9. The molecule has 7 heteroatoms. The molecule has 1 aromatic heterocycles. The van der Waals surface area contributed by atoms with Gasteiger partial charge in [-0.25, -0.2) is 4.79 Å². The fraction of sp³-hybridized carbons (Fsp3) is 0.105. The second kappa shape index (κ2) is 6.76. The second-order valence-corrected chi connectivity index (χ2v) is 6.77. The van der Waals surface area contributed by atoms with Crippen LogP contribution in [0.25, 0.3) is 23.1 Å². The van der Waals surface area contributed by atoms with Gasteiger partial charge in [-0.15, -0.1) is 0 Å². The largest absolute Gasteiger partial charge is 0.507 e. The molecular weight excluding hydrogens is 402 g/mol. The number of phenols is 1. The number of hydrogen-bond acceptors (Lipinski definition) is 5. The molecule has 3 aromatic rings. The van der Waals surface area contributed by atoms with E-state index in [0.717, 1.165) is 5.56 Å². The first kappa shape index (κ1) is 17.9. The van der Waals surface area contributed by atoms with E-state index < -0.39 is 10.5 Å². The van der Waals surface area contributed by atoms with Gasteiger partial charge in [0.25, 0.3) is 5.69 Å². The number of rotatable bonds is 3. The fourth-order valence-corrected chi connectivity index (χ4v) is 3.24. The van der Waals surface area contributed by atoms with Crippen LogP contribution in [0.2, 0.25) is 0 Å². The van der Waals surface area contributed by atoms with Crippen molar-refractivity contribution in [1.82, 2.24) is 0 Å². The highest BCUT2D eigenvalue weighted by Crippen LogP contribution is 2.31. The Hall–Kier alpha value is -2.93. The summed E-state index contributed by atoms with van der Waals surface area (Å²) in [6, 6.07) is 7.83. The van der Waals surface area contributed by atoms with E-state index in [2.05, 4.69) is 15.9 Å². The molecule has 132 valence electrons. The first-order valence-electron chi connectivity index (χ1n) is 7.66. The van der Waals surface area contributed by atoms with Crippen LogP contribution >= 0.6 is 15.9 Å². The van der Waals surface area contributed by atoms with Gasteiger partial charge in [0.1, 0.15) is 11.3 Å². The van der Waals surface area contributed by atoms with E-state index in [0.29, 0.717) is 26.5 Å². The Morgan fingerprint density at radius 1 is 1.12 bits per heavy atom. The van der Waals surface area contributed by atoms with Gasteiger partial charge < -0.3 is 9.52 Å². The van der Waals surface area contributed by atoms with Gasteiger partial charge in [0.15, 0.2) is 0 Å². The maximum atomic E-state index is 11.8. The Labute approximate surface area is 156 Å². The average Bonchev–Trinajstić information content (AvgIpc) is 2.53. The molecule has 0 fully saturated rings. The van der Waals surface area contributed by atoms with Crippen molar-refractivity contribution in [2.45, 2.75) is 13.8 Å². The van der Waals surface area contributed by atoms with Crippen molar-refractivity contribution in [3.05, 3.63) is 77.6 Å². The Bertz CT molecular complexity index is 1110. The summed E-state index contributed by atoms with van der Waals surface area (Å²) in [5.74, 6) is -0.0246. The number of hydrogen-bond donors (Lipinski definition) is 1. The molecule has 0 amide bonds. The van der Waals surface area contributed by atoms with Gasteiger partial charge >= 0.3 is 5.63 Å². The van der Waals surface area contributed by atoms with E-state index in [1.54, 1.807) is 44.2 Å². The van der Waals surface area contributed by atoms with Gasteiger partial charge in [0.2, 0.25) is 0 Å². The minimum Gasteiger partial charge on any atom is -0.507 e. The van der Waals surface area contributed by atoms with Crippen LogP contribution < -0.4 is 5.63 Å². The minimum atomic E-state index is -0.532. The molecule has 0 aliphatic heterocycles. The molecule has 0 unspecified atom stereocenters. The van der Waals surface area contributed by atoms with Crippen LogP contribution in [0.15, 0.2) is 44.0 Å². The van der Waals surface area contributed by atoms with E-state index in [-0.39, 0.29) is 17.0 Å². The quantitative estimate of drug-likeness (QED) is 0.370. The van der Waals surface area contributed by atoms with Crippen LogP contribution in [0.1, 0.15) is 22.3 Å². The van der Waals surface area contributed by atoms with Gasteiger partial charge in [-0.05, 0) is 59.1 Å². The molecule has 0 radical (unpaired) electrons. The molecule has 1 N–H and O–H groups in total. The number of phenolic OH excluding ortho intramolecular Hbond substituents is 1. The predicted octanol–water partition coefficient (Wildman–Crippen LogP) is 4.96. The first-order chi connectivity index (χ1) is 12.3. The van der Waals surface area contributed by atoms with E-state index in [9.17, 15) is 20.0 Å². The van der Waals surface area contributed by atoms with Crippen LogP contribution in [0.5, 0.6) is 5.75 Å². The molecule has 3 rings (SSSR count). The lowest BCUT2D eigenvalue weighted by atomic mass is 10.0. The van der Waals surface area contributed by atoms with Crippen molar-refractivity contribution in [2.24, 2.45) is 0 Å². The fourth-order valence-electron chi connectivity index (χ4n) is 2.89. The van der Waals surface area contributed by atoms with Gasteiger partial charge in [0, 0.05) is 28.6 Å². The van der Waals surface area contributed by atoms with Gasteiger partial charge in [-0.3, -0.25) is 10.1 Å². The van der Waals surface area contributed by atoms with Crippen molar-refractivity contribution < 1.29 is 14.4 Å². The molecule has 0 atom stereocenters. The predicted molar refractivity (Wildman–Crippen MR) is 103 cm³/mol. The van der Waals surface area contributed by atoms with Crippen LogP contribution in [0.3, 0.4) is 0 Å². The standard InChI is InChI=1S/C19H14BrNO5/c1-10-5-12(6-11(2)19(10)21(24)25)3-4-13-7-18(23)26-17-9-16(22)15(20)8-14(13)17/h3-9,22H,1-2H3/b4-3+. The highest BCUT2D eigenvalue weighted by Gasteiger charge is 2.14. The molecule has 0 aliphatic rings. The lowest BCUT2D eigenvalue weighted by Gasteiger charge is -2.05. The first-order valence-corrected chi connectivity index (χ1v) is 8.45. The lowest BCUT2D eigenvalue weighted by Crippen LogP contribution is -1.98. The molecule has 1 heterocycles. The lowest BCUT2D eigenvalue weighted by molar-refractivity contribution is -0.386. The smallest absolute Gasteiger partial charge is 0.336 e. The number of aromatic hydroxyl groups is 1. The van der Waals surface area contributed by atoms with Crippen molar-refractivity contribution >= 4 is 44.7 Å². The number of halogens is 1. The number of nitro groups is 1. The summed E-state index contributed by atoms with van der Waals surface area (Å²) < 4.78 is 5.61. The van der Waals surface area contributed by atoms with Crippen LogP contribution in [0, 0.1) is 24.0 Å². The zero-order chi connectivity index (χ0) is 19.0. The summed E-state index contributed by atoms with van der Waals surface area (Å²) in [6.45, 7) is 3.38. The molecule has 0 aliphatic carbocycles. The molecular formula is C19H14BrNO5. The van der Waals surface area contributed by atoms with E-state index >= 15 is 0 Å². The molecule has 6 nitrogen and oxygen atoms in total. The molecule has 0 spiro atoms. The van der Waals surface area contributed by atoms with Crippen molar-refractivity contribution in [2.75, 3.05) is 0 Å².